The van der Waals surface area contributed by atoms with Gasteiger partial charge in [-0.2, -0.15) is 0 Å². The zero-order chi connectivity index (χ0) is 13.8. The smallest absolute Gasteiger partial charge is 0.000706 e. The summed E-state index contributed by atoms with van der Waals surface area (Å²) in [6.45, 7) is 0. The topological polar surface area (TPSA) is 0 Å². The second-order valence-corrected chi connectivity index (χ2v) is 5.72. The maximum atomic E-state index is 3.45. The molecule has 0 unspecified atom stereocenters. The van der Waals surface area contributed by atoms with Crippen molar-refractivity contribution in [3.05, 3.63) is 83.9 Å². The van der Waals surface area contributed by atoms with E-state index in [1.165, 1.54) is 43.8 Å². The van der Waals surface area contributed by atoms with Crippen molar-refractivity contribution in [3.63, 3.8) is 0 Å². The molecular formula is C21H13. The molecular weight excluding hydrogens is 252 g/mol. The van der Waals surface area contributed by atoms with Crippen LogP contribution in [0.2, 0.25) is 0 Å². The molecule has 0 heteroatoms. The van der Waals surface area contributed by atoms with Gasteiger partial charge in [-0.05, 0) is 56.3 Å². The first-order chi connectivity index (χ1) is 10.4. The molecule has 1 aliphatic rings. The fourth-order valence-corrected chi connectivity index (χ4v) is 3.65. The Balaban J connectivity index is 1.97. The van der Waals surface area contributed by atoms with Gasteiger partial charge >= 0.3 is 0 Å². The lowest BCUT2D eigenvalue weighted by Crippen LogP contribution is -1.86. The normalized spacial score (nSPS) is 12.6. The molecule has 0 amide bonds. The molecule has 5 rings (SSSR count). The number of fused-ring (bicyclic) bond motifs is 7. The molecule has 0 aromatic heterocycles. The van der Waals surface area contributed by atoms with Gasteiger partial charge in [-0.25, -0.2) is 0 Å². The van der Waals surface area contributed by atoms with Crippen LogP contribution in [0.3, 0.4) is 0 Å². The molecule has 0 spiro atoms. The first kappa shape index (κ1) is 11.1. The Bertz CT molecular complexity index is 1010. The summed E-state index contributed by atoms with van der Waals surface area (Å²) in [7, 11) is 0. The van der Waals surface area contributed by atoms with Crippen molar-refractivity contribution in [2.75, 3.05) is 0 Å². The molecule has 97 valence electrons. The van der Waals surface area contributed by atoms with E-state index >= 15 is 0 Å². The van der Waals surface area contributed by atoms with Crippen LogP contribution in [0.5, 0.6) is 0 Å². The molecule has 0 bridgehead atoms. The van der Waals surface area contributed by atoms with Crippen LogP contribution in [-0.4, -0.2) is 0 Å². The summed E-state index contributed by atoms with van der Waals surface area (Å²) < 4.78 is 0. The molecule has 4 aromatic rings. The Labute approximate surface area is 123 Å². The maximum Gasteiger partial charge on any atom is -0.000706 e. The van der Waals surface area contributed by atoms with Crippen LogP contribution in [0.4, 0.5) is 0 Å². The van der Waals surface area contributed by atoms with E-state index in [-0.39, 0.29) is 0 Å². The summed E-state index contributed by atoms with van der Waals surface area (Å²) in [5, 5.41) is 5.22. The highest BCUT2D eigenvalue weighted by Crippen LogP contribution is 2.42. The average Bonchev–Trinajstić information content (AvgIpc) is 2.93. The fourth-order valence-electron chi connectivity index (χ4n) is 3.65. The zero-order valence-electron chi connectivity index (χ0n) is 11.6. The van der Waals surface area contributed by atoms with Gasteiger partial charge in [-0.3, -0.25) is 0 Å². The fraction of sp³-hybridized carbons (Fsp3) is 0.0476. The SMILES string of the molecule is [c]1cccc2ccc3ccc4c(c3c12)Cc1ccccc1-4. The number of rotatable bonds is 0. The van der Waals surface area contributed by atoms with Crippen LogP contribution in [-0.2, 0) is 6.42 Å². The minimum absolute atomic E-state index is 1.03. The summed E-state index contributed by atoms with van der Waals surface area (Å²) in [4.78, 5) is 0. The summed E-state index contributed by atoms with van der Waals surface area (Å²) in [5.41, 5.74) is 5.68. The Hall–Kier alpha value is -2.60. The molecule has 0 heterocycles. The highest BCUT2D eigenvalue weighted by Gasteiger charge is 2.20. The summed E-state index contributed by atoms with van der Waals surface area (Å²) in [6, 6.07) is 27.4. The van der Waals surface area contributed by atoms with E-state index in [9.17, 15) is 0 Å². The van der Waals surface area contributed by atoms with Crippen molar-refractivity contribution in [2.24, 2.45) is 0 Å². The second-order valence-electron chi connectivity index (χ2n) is 5.72. The molecule has 0 fully saturated rings. The van der Waals surface area contributed by atoms with Gasteiger partial charge in [0, 0.05) is 0 Å². The molecule has 21 heavy (non-hydrogen) atoms. The van der Waals surface area contributed by atoms with Crippen molar-refractivity contribution in [1.29, 1.82) is 0 Å². The molecule has 1 aliphatic carbocycles. The van der Waals surface area contributed by atoms with Crippen LogP contribution in [0, 0.1) is 6.07 Å². The molecule has 0 saturated carbocycles. The highest BCUT2D eigenvalue weighted by atomic mass is 14.2. The Kier molecular flexibility index (Phi) is 2.09. The quantitative estimate of drug-likeness (QED) is 0.330. The average molecular weight is 265 g/mol. The van der Waals surface area contributed by atoms with E-state index in [0.29, 0.717) is 0 Å². The second kappa shape index (κ2) is 3.95. The van der Waals surface area contributed by atoms with Gasteiger partial charge in [0.05, 0.1) is 0 Å². The van der Waals surface area contributed by atoms with Crippen molar-refractivity contribution >= 4 is 21.5 Å². The Morgan fingerprint density at radius 1 is 0.714 bits per heavy atom. The van der Waals surface area contributed by atoms with Gasteiger partial charge in [0.25, 0.3) is 0 Å². The minimum atomic E-state index is 1.03. The first-order valence-corrected chi connectivity index (χ1v) is 7.35. The number of hydrogen-bond donors (Lipinski definition) is 0. The monoisotopic (exact) mass is 265 g/mol. The third-order valence-electron chi connectivity index (χ3n) is 4.60. The lowest BCUT2D eigenvalue weighted by atomic mass is 9.94. The maximum absolute atomic E-state index is 3.45. The molecule has 1 radical (unpaired) electrons. The lowest BCUT2D eigenvalue weighted by Gasteiger charge is -2.09. The first-order valence-electron chi connectivity index (χ1n) is 7.35. The van der Waals surface area contributed by atoms with E-state index in [2.05, 4.69) is 66.7 Å². The molecule has 0 atom stereocenters. The van der Waals surface area contributed by atoms with Gasteiger partial charge in [0.1, 0.15) is 0 Å². The molecule has 0 nitrogen and oxygen atoms in total. The van der Waals surface area contributed by atoms with E-state index in [0.717, 1.165) is 6.42 Å². The van der Waals surface area contributed by atoms with Crippen molar-refractivity contribution in [2.45, 2.75) is 6.42 Å². The third-order valence-corrected chi connectivity index (χ3v) is 4.60. The van der Waals surface area contributed by atoms with Crippen molar-refractivity contribution < 1.29 is 0 Å². The van der Waals surface area contributed by atoms with Gasteiger partial charge in [-0.15, -0.1) is 0 Å². The van der Waals surface area contributed by atoms with Crippen LogP contribution < -0.4 is 0 Å². The summed E-state index contributed by atoms with van der Waals surface area (Å²) >= 11 is 0. The third kappa shape index (κ3) is 1.45. The molecule has 4 aromatic carbocycles. The molecule has 0 saturated heterocycles. The van der Waals surface area contributed by atoms with Crippen LogP contribution in [0.1, 0.15) is 11.1 Å². The minimum Gasteiger partial charge on any atom is -0.0619 e. The predicted octanol–water partition coefficient (Wildman–Crippen LogP) is 5.36. The van der Waals surface area contributed by atoms with Gasteiger partial charge in [0.15, 0.2) is 0 Å². The summed E-state index contributed by atoms with van der Waals surface area (Å²) in [6.07, 6.45) is 1.03. The van der Waals surface area contributed by atoms with Gasteiger partial charge in [0.2, 0.25) is 0 Å². The lowest BCUT2D eigenvalue weighted by molar-refractivity contribution is 1.29. The zero-order valence-corrected chi connectivity index (χ0v) is 11.6. The standard InChI is InChI=1S/C21H13/c1-4-8-18-14(5-1)9-10-15-11-12-19-17-7-3-2-6-16(17)13-20(19)21(15)18/h1-7,9-12H,13H2. The van der Waals surface area contributed by atoms with Gasteiger partial charge < -0.3 is 0 Å². The van der Waals surface area contributed by atoms with Crippen LogP contribution in [0.25, 0.3) is 32.7 Å². The Morgan fingerprint density at radius 3 is 2.57 bits per heavy atom. The van der Waals surface area contributed by atoms with Crippen molar-refractivity contribution in [3.8, 4) is 11.1 Å². The molecule has 0 aliphatic heterocycles. The van der Waals surface area contributed by atoms with E-state index in [1.807, 2.05) is 6.07 Å². The van der Waals surface area contributed by atoms with E-state index < -0.39 is 0 Å². The van der Waals surface area contributed by atoms with E-state index in [1.54, 1.807) is 0 Å². The summed E-state index contributed by atoms with van der Waals surface area (Å²) in [5.74, 6) is 0. The Morgan fingerprint density at radius 2 is 1.57 bits per heavy atom. The molecule has 0 N–H and O–H groups in total. The van der Waals surface area contributed by atoms with Crippen molar-refractivity contribution in [1.82, 2.24) is 0 Å². The largest absolute Gasteiger partial charge is 0.0619 e. The highest BCUT2D eigenvalue weighted by molar-refractivity contribution is 6.11. The van der Waals surface area contributed by atoms with Crippen LogP contribution in [0.15, 0.2) is 66.7 Å². The van der Waals surface area contributed by atoms with E-state index in [4.69, 9.17) is 0 Å². The van der Waals surface area contributed by atoms with Crippen LogP contribution >= 0.6 is 0 Å². The van der Waals surface area contributed by atoms with Gasteiger partial charge in [-0.1, -0.05) is 66.7 Å². The number of hydrogen-bond acceptors (Lipinski definition) is 0. The predicted molar refractivity (Wildman–Crippen MR) is 88.5 cm³/mol. The number of benzene rings is 4.